The van der Waals surface area contributed by atoms with Crippen LogP contribution in [0.3, 0.4) is 0 Å². The van der Waals surface area contributed by atoms with Gasteiger partial charge in [-0.2, -0.15) is 0 Å². The van der Waals surface area contributed by atoms with Crippen molar-refractivity contribution in [3.63, 3.8) is 0 Å². The lowest BCUT2D eigenvalue weighted by Gasteiger charge is -2.19. The van der Waals surface area contributed by atoms with Gasteiger partial charge in [0.1, 0.15) is 0 Å². The van der Waals surface area contributed by atoms with Gasteiger partial charge in [-0.25, -0.2) is 0 Å². The summed E-state index contributed by atoms with van der Waals surface area (Å²) >= 11 is 1.61. The summed E-state index contributed by atoms with van der Waals surface area (Å²) < 4.78 is 0. The highest BCUT2D eigenvalue weighted by Gasteiger charge is 2.16. The second-order valence-electron chi connectivity index (χ2n) is 4.47. The van der Waals surface area contributed by atoms with E-state index in [1.807, 2.05) is 23.8 Å². The zero-order chi connectivity index (χ0) is 13.2. The zero-order valence-electron chi connectivity index (χ0n) is 10.3. The molecule has 0 fully saturated rings. The van der Waals surface area contributed by atoms with E-state index in [1.165, 1.54) is 0 Å². The average molecular weight is 274 g/mol. The summed E-state index contributed by atoms with van der Waals surface area (Å²) in [4.78, 5) is 16.5. The molecule has 2 heterocycles. The minimum absolute atomic E-state index is 0.0530. The van der Waals surface area contributed by atoms with Crippen molar-refractivity contribution in [1.82, 2.24) is 4.98 Å². The zero-order valence-corrected chi connectivity index (χ0v) is 11.1. The Balaban J connectivity index is 1.80. The summed E-state index contributed by atoms with van der Waals surface area (Å²) in [6.45, 7) is 0.708. The third-order valence-electron chi connectivity index (χ3n) is 3.11. The molecule has 6 heteroatoms. The maximum Gasteiger partial charge on any atom is 0.224 e. The Hall–Kier alpha value is -2.08. The molecule has 1 aliphatic rings. The Morgan fingerprint density at radius 1 is 1.42 bits per heavy atom. The molecule has 0 spiro atoms. The molecule has 5 nitrogen and oxygen atoms in total. The molecular weight excluding hydrogens is 260 g/mol. The third-order valence-corrected chi connectivity index (χ3v) is 3.89. The lowest BCUT2D eigenvalue weighted by Crippen LogP contribution is -2.19. The number of anilines is 3. The van der Waals surface area contributed by atoms with Crippen molar-refractivity contribution in [3.8, 4) is 0 Å². The number of nitrogens with one attached hydrogen (secondary N) is 2. The molecule has 2 aromatic rings. The molecule has 3 rings (SSSR count). The number of benzene rings is 1. The molecular formula is C13H14N4OS. The highest BCUT2D eigenvalue weighted by atomic mass is 32.1. The molecule has 1 amide bonds. The van der Waals surface area contributed by atoms with Crippen LogP contribution in [0.15, 0.2) is 23.8 Å². The number of thiazole rings is 1. The topological polar surface area (TPSA) is 80.0 Å². The lowest BCUT2D eigenvalue weighted by molar-refractivity contribution is -0.116. The van der Waals surface area contributed by atoms with E-state index in [4.69, 9.17) is 5.73 Å². The van der Waals surface area contributed by atoms with Gasteiger partial charge < -0.3 is 16.4 Å². The minimum Gasteiger partial charge on any atom is -0.397 e. The van der Waals surface area contributed by atoms with Gasteiger partial charge in [-0.3, -0.25) is 9.78 Å². The van der Waals surface area contributed by atoms with Gasteiger partial charge >= 0.3 is 0 Å². The number of aromatic nitrogens is 1. The number of nitrogen functional groups attached to an aromatic ring is 1. The summed E-state index contributed by atoms with van der Waals surface area (Å²) in [5.41, 5.74) is 11.3. The molecule has 98 valence electrons. The summed E-state index contributed by atoms with van der Waals surface area (Å²) in [6, 6.07) is 3.84. The number of nitrogens with zero attached hydrogens (tertiary/aromatic N) is 1. The molecule has 1 aromatic carbocycles. The van der Waals surface area contributed by atoms with Crippen LogP contribution in [0, 0.1) is 0 Å². The van der Waals surface area contributed by atoms with Gasteiger partial charge in [0.2, 0.25) is 5.91 Å². The molecule has 1 aromatic heterocycles. The normalized spacial score (nSPS) is 13.8. The summed E-state index contributed by atoms with van der Waals surface area (Å²) in [7, 11) is 0. The Labute approximate surface area is 114 Å². The largest absolute Gasteiger partial charge is 0.397 e. The van der Waals surface area contributed by atoms with Gasteiger partial charge in [0, 0.05) is 23.2 Å². The van der Waals surface area contributed by atoms with Crippen LogP contribution in [0.5, 0.6) is 0 Å². The second-order valence-corrected chi connectivity index (χ2v) is 5.44. The first-order valence-corrected chi connectivity index (χ1v) is 6.94. The maximum absolute atomic E-state index is 11.3. The molecule has 0 unspecified atom stereocenters. The molecule has 0 saturated heterocycles. The van der Waals surface area contributed by atoms with Gasteiger partial charge in [0.05, 0.1) is 23.4 Å². The van der Waals surface area contributed by atoms with Crippen LogP contribution in [-0.4, -0.2) is 10.9 Å². The Morgan fingerprint density at radius 2 is 2.32 bits per heavy atom. The SMILES string of the molecule is Nc1cc2c(cc1NCc1cncs1)CCC(=O)N2. The van der Waals surface area contributed by atoms with Crippen LogP contribution >= 0.6 is 11.3 Å². The predicted octanol–water partition coefficient (Wildman–Crippen LogP) is 2.22. The summed E-state index contributed by atoms with van der Waals surface area (Å²) in [5, 5.41) is 6.15. The quantitative estimate of drug-likeness (QED) is 0.750. The molecule has 1 aliphatic heterocycles. The number of aryl methyl sites for hydroxylation is 1. The molecule has 4 N–H and O–H groups in total. The van der Waals surface area contributed by atoms with Crippen LogP contribution in [-0.2, 0) is 17.8 Å². The molecule has 0 aliphatic carbocycles. The third kappa shape index (κ3) is 2.53. The van der Waals surface area contributed by atoms with E-state index in [1.54, 1.807) is 11.3 Å². The van der Waals surface area contributed by atoms with Crippen LogP contribution in [0.2, 0.25) is 0 Å². The molecule has 0 radical (unpaired) electrons. The Kier molecular flexibility index (Phi) is 3.08. The number of hydrogen-bond donors (Lipinski definition) is 3. The fourth-order valence-electron chi connectivity index (χ4n) is 2.11. The molecule has 0 bridgehead atoms. The van der Waals surface area contributed by atoms with Crippen LogP contribution in [0.25, 0.3) is 0 Å². The van der Waals surface area contributed by atoms with Crippen molar-refractivity contribution in [2.24, 2.45) is 0 Å². The monoisotopic (exact) mass is 274 g/mol. The Morgan fingerprint density at radius 3 is 3.11 bits per heavy atom. The van der Waals surface area contributed by atoms with E-state index in [2.05, 4.69) is 15.6 Å². The number of carbonyl (C=O) groups is 1. The first kappa shape index (κ1) is 12.0. The fraction of sp³-hybridized carbons (Fsp3) is 0.231. The van der Waals surface area contributed by atoms with E-state index in [9.17, 15) is 4.79 Å². The van der Waals surface area contributed by atoms with E-state index in [0.717, 1.165) is 28.2 Å². The van der Waals surface area contributed by atoms with E-state index >= 15 is 0 Å². The fourth-order valence-corrected chi connectivity index (χ4v) is 2.64. The number of hydrogen-bond acceptors (Lipinski definition) is 5. The van der Waals surface area contributed by atoms with Crippen molar-refractivity contribution < 1.29 is 4.79 Å². The average Bonchev–Trinajstić information content (AvgIpc) is 2.89. The first-order chi connectivity index (χ1) is 9.22. The van der Waals surface area contributed by atoms with Gasteiger partial charge in [-0.15, -0.1) is 11.3 Å². The van der Waals surface area contributed by atoms with Gasteiger partial charge in [0.15, 0.2) is 0 Å². The number of carbonyl (C=O) groups excluding carboxylic acids is 1. The van der Waals surface area contributed by atoms with Gasteiger partial charge in [-0.05, 0) is 24.1 Å². The Bertz CT molecular complexity index is 609. The predicted molar refractivity (Wildman–Crippen MR) is 77.2 cm³/mol. The number of nitrogens with two attached hydrogens (primary N) is 1. The van der Waals surface area contributed by atoms with Gasteiger partial charge in [-0.1, -0.05) is 0 Å². The summed E-state index contributed by atoms with van der Waals surface area (Å²) in [6.07, 6.45) is 3.13. The number of rotatable bonds is 3. The summed E-state index contributed by atoms with van der Waals surface area (Å²) in [5.74, 6) is 0.0530. The van der Waals surface area contributed by atoms with Crippen molar-refractivity contribution in [1.29, 1.82) is 0 Å². The van der Waals surface area contributed by atoms with Crippen molar-refractivity contribution >= 4 is 34.3 Å². The number of amides is 1. The molecule has 0 saturated carbocycles. The standard InChI is InChI=1S/C13H14N4OS/c14-10-4-11-8(1-2-13(18)17-11)3-12(10)16-6-9-5-15-7-19-9/h3-5,7,16H,1-2,6,14H2,(H,17,18). The highest BCUT2D eigenvalue weighted by Crippen LogP contribution is 2.31. The molecule has 19 heavy (non-hydrogen) atoms. The lowest BCUT2D eigenvalue weighted by atomic mass is 10.0. The second kappa shape index (κ2) is 4.89. The number of fused-ring (bicyclic) bond motifs is 1. The highest BCUT2D eigenvalue weighted by molar-refractivity contribution is 7.09. The maximum atomic E-state index is 11.3. The van der Waals surface area contributed by atoms with Crippen LogP contribution in [0.1, 0.15) is 16.9 Å². The first-order valence-electron chi connectivity index (χ1n) is 6.06. The van der Waals surface area contributed by atoms with Crippen LogP contribution < -0.4 is 16.4 Å². The van der Waals surface area contributed by atoms with Crippen molar-refractivity contribution in [3.05, 3.63) is 34.3 Å². The minimum atomic E-state index is 0.0530. The van der Waals surface area contributed by atoms with E-state index in [0.29, 0.717) is 18.7 Å². The molecule has 0 atom stereocenters. The smallest absolute Gasteiger partial charge is 0.224 e. The van der Waals surface area contributed by atoms with E-state index in [-0.39, 0.29) is 5.91 Å². The van der Waals surface area contributed by atoms with Crippen molar-refractivity contribution in [2.75, 3.05) is 16.4 Å². The van der Waals surface area contributed by atoms with Crippen LogP contribution in [0.4, 0.5) is 17.1 Å². The van der Waals surface area contributed by atoms with E-state index < -0.39 is 0 Å². The van der Waals surface area contributed by atoms with Crippen molar-refractivity contribution in [2.45, 2.75) is 19.4 Å². The van der Waals surface area contributed by atoms with Gasteiger partial charge in [0.25, 0.3) is 0 Å².